The molecule has 1 rings (SSSR count). The molecule has 0 aromatic carbocycles. The van der Waals surface area contributed by atoms with Crippen molar-refractivity contribution in [2.75, 3.05) is 19.8 Å². The third-order valence-corrected chi connectivity index (χ3v) is 2.44. The first-order valence-electron chi connectivity index (χ1n) is 4.70. The largest absolute Gasteiger partial charge is 0.396 e. The molecule has 3 heteroatoms. The van der Waals surface area contributed by atoms with Crippen LogP contribution in [0.15, 0.2) is 0 Å². The second-order valence-corrected chi connectivity index (χ2v) is 3.45. The normalized spacial score (nSPS) is 30.5. The monoisotopic (exact) mass is 174 g/mol. The Morgan fingerprint density at radius 3 is 2.58 bits per heavy atom. The Hall–Kier alpha value is -0.120. The smallest absolute Gasteiger partial charge is 0.0806 e. The molecule has 12 heavy (non-hydrogen) atoms. The van der Waals surface area contributed by atoms with Gasteiger partial charge in [0.25, 0.3) is 0 Å². The summed E-state index contributed by atoms with van der Waals surface area (Å²) in [4.78, 5) is 0. The number of hydrogen-bond donors (Lipinski definition) is 2. The number of ether oxygens (including phenoxy) is 1. The Morgan fingerprint density at radius 1 is 1.25 bits per heavy atom. The highest BCUT2D eigenvalue weighted by molar-refractivity contribution is 4.69. The molecule has 0 aliphatic carbocycles. The van der Waals surface area contributed by atoms with Crippen molar-refractivity contribution in [1.29, 1.82) is 0 Å². The van der Waals surface area contributed by atoms with Crippen molar-refractivity contribution in [3.63, 3.8) is 0 Å². The van der Waals surface area contributed by atoms with Gasteiger partial charge in [-0.3, -0.25) is 0 Å². The first-order valence-corrected chi connectivity index (χ1v) is 4.70. The SMILES string of the molecule is OCCC[C@@H]1CC[C@H](CO)OC1. The predicted molar refractivity (Wildman–Crippen MR) is 45.9 cm³/mol. The third kappa shape index (κ3) is 3.09. The van der Waals surface area contributed by atoms with Crippen LogP contribution in [0.1, 0.15) is 25.7 Å². The summed E-state index contributed by atoms with van der Waals surface area (Å²) < 4.78 is 5.41. The number of aliphatic hydroxyl groups excluding tert-OH is 2. The van der Waals surface area contributed by atoms with Crippen LogP contribution in [-0.2, 0) is 4.74 Å². The Labute approximate surface area is 73.4 Å². The molecule has 1 saturated heterocycles. The van der Waals surface area contributed by atoms with Crippen molar-refractivity contribution >= 4 is 0 Å². The van der Waals surface area contributed by atoms with E-state index in [-0.39, 0.29) is 19.3 Å². The molecule has 0 aromatic rings. The Kier molecular flexibility index (Phi) is 4.58. The van der Waals surface area contributed by atoms with Crippen LogP contribution in [0.25, 0.3) is 0 Å². The standard InChI is InChI=1S/C9H18O3/c10-5-1-2-8-3-4-9(6-11)12-7-8/h8-11H,1-7H2/t8-,9-/m1/s1. The summed E-state index contributed by atoms with van der Waals surface area (Å²) in [7, 11) is 0. The van der Waals surface area contributed by atoms with E-state index in [0.29, 0.717) is 5.92 Å². The van der Waals surface area contributed by atoms with Crippen molar-refractivity contribution in [1.82, 2.24) is 0 Å². The second kappa shape index (κ2) is 5.51. The van der Waals surface area contributed by atoms with Crippen LogP contribution in [0.3, 0.4) is 0 Å². The van der Waals surface area contributed by atoms with Gasteiger partial charge in [0.1, 0.15) is 0 Å². The van der Waals surface area contributed by atoms with Gasteiger partial charge >= 0.3 is 0 Å². The minimum Gasteiger partial charge on any atom is -0.396 e. The molecular formula is C9H18O3. The van der Waals surface area contributed by atoms with E-state index in [1.807, 2.05) is 0 Å². The van der Waals surface area contributed by atoms with E-state index in [1.165, 1.54) is 0 Å². The number of rotatable bonds is 4. The lowest BCUT2D eigenvalue weighted by Gasteiger charge is -2.27. The average Bonchev–Trinajstić information content (AvgIpc) is 2.15. The summed E-state index contributed by atoms with van der Waals surface area (Å²) in [5, 5.41) is 17.4. The van der Waals surface area contributed by atoms with Crippen LogP contribution in [0.2, 0.25) is 0 Å². The lowest BCUT2D eigenvalue weighted by molar-refractivity contribution is -0.0449. The molecule has 1 aliphatic rings. The van der Waals surface area contributed by atoms with Gasteiger partial charge in [0.15, 0.2) is 0 Å². The maximum Gasteiger partial charge on any atom is 0.0806 e. The summed E-state index contributed by atoms with van der Waals surface area (Å²) in [6, 6.07) is 0. The summed E-state index contributed by atoms with van der Waals surface area (Å²) in [6.07, 6.45) is 4.08. The average molecular weight is 174 g/mol. The van der Waals surface area contributed by atoms with Crippen molar-refractivity contribution in [2.24, 2.45) is 5.92 Å². The molecular weight excluding hydrogens is 156 g/mol. The zero-order valence-corrected chi connectivity index (χ0v) is 7.41. The quantitative estimate of drug-likeness (QED) is 0.654. The fourth-order valence-electron chi connectivity index (χ4n) is 1.61. The first kappa shape index (κ1) is 9.96. The molecule has 0 aromatic heterocycles. The van der Waals surface area contributed by atoms with Gasteiger partial charge < -0.3 is 14.9 Å². The Morgan fingerprint density at radius 2 is 2.08 bits per heavy atom. The summed E-state index contributed by atoms with van der Waals surface area (Å²) in [5.74, 6) is 0.597. The molecule has 0 unspecified atom stereocenters. The van der Waals surface area contributed by atoms with E-state index in [2.05, 4.69) is 0 Å². The number of aliphatic hydroxyl groups is 2. The fraction of sp³-hybridized carbons (Fsp3) is 1.00. The van der Waals surface area contributed by atoms with Gasteiger partial charge in [0.05, 0.1) is 12.7 Å². The van der Waals surface area contributed by atoms with Crippen LogP contribution < -0.4 is 0 Å². The zero-order valence-electron chi connectivity index (χ0n) is 7.41. The van der Waals surface area contributed by atoms with Crippen LogP contribution in [0.4, 0.5) is 0 Å². The van der Waals surface area contributed by atoms with Gasteiger partial charge in [0, 0.05) is 13.2 Å². The van der Waals surface area contributed by atoms with Crippen molar-refractivity contribution in [3.8, 4) is 0 Å². The Balaban J connectivity index is 2.09. The van der Waals surface area contributed by atoms with Gasteiger partial charge in [-0.15, -0.1) is 0 Å². The second-order valence-electron chi connectivity index (χ2n) is 3.45. The van der Waals surface area contributed by atoms with Crippen molar-refractivity contribution in [3.05, 3.63) is 0 Å². The molecule has 2 atom stereocenters. The van der Waals surface area contributed by atoms with Gasteiger partial charge in [-0.1, -0.05) is 0 Å². The lowest BCUT2D eigenvalue weighted by Crippen LogP contribution is -2.28. The van der Waals surface area contributed by atoms with Crippen molar-refractivity contribution < 1.29 is 14.9 Å². The van der Waals surface area contributed by atoms with E-state index in [4.69, 9.17) is 14.9 Å². The van der Waals surface area contributed by atoms with Crippen LogP contribution in [0.5, 0.6) is 0 Å². The molecule has 3 nitrogen and oxygen atoms in total. The highest BCUT2D eigenvalue weighted by Gasteiger charge is 2.20. The highest BCUT2D eigenvalue weighted by Crippen LogP contribution is 2.22. The fourth-order valence-corrected chi connectivity index (χ4v) is 1.61. The molecule has 1 fully saturated rings. The van der Waals surface area contributed by atoms with Gasteiger partial charge in [-0.25, -0.2) is 0 Å². The van der Waals surface area contributed by atoms with Gasteiger partial charge in [-0.05, 0) is 31.6 Å². The molecule has 0 radical (unpaired) electrons. The minimum absolute atomic E-state index is 0.0652. The zero-order chi connectivity index (χ0) is 8.81. The molecule has 1 heterocycles. The summed E-state index contributed by atoms with van der Waals surface area (Å²) in [6.45, 7) is 1.18. The van der Waals surface area contributed by atoms with Crippen LogP contribution >= 0.6 is 0 Å². The third-order valence-electron chi connectivity index (χ3n) is 2.44. The summed E-state index contributed by atoms with van der Waals surface area (Å²) >= 11 is 0. The van der Waals surface area contributed by atoms with Gasteiger partial charge in [-0.2, -0.15) is 0 Å². The van der Waals surface area contributed by atoms with Gasteiger partial charge in [0.2, 0.25) is 0 Å². The maximum atomic E-state index is 8.79. The molecule has 72 valence electrons. The maximum absolute atomic E-state index is 8.79. The van der Waals surface area contributed by atoms with Crippen LogP contribution in [-0.4, -0.2) is 36.1 Å². The highest BCUT2D eigenvalue weighted by atomic mass is 16.5. The minimum atomic E-state index is 0.0652. The predicted octanol–water partition coefficient (Wildman–Crippen LogP) is 0.546. The number of hydrogen-bond acceptors (Lipinski definition) is 3. The molecule has 2 N–H and O–H groups in total. The molecule has 0 amide bonds. The molecule has 1 aliphatic heterocycles. The molecule has 0 spiro atoms. The molecule has 0 bridgehead atoms. The first-order chi connectivity index (χ1) is 5.86. The Bertz CT molecular complexity index is 108. The van der Waals surface area contributed by atoms with E-state index in [1.54, 1.807) is 0 Å². The van der Waals surface area contributed by atoms with E-state index in [0.717, 1.165) is 32.3 Å². The molecule has 0 saturated carbocycles. The van der Waals surface area contributed by atoms with E-state index >= 15 is 0 Å². The lowest BCUT2D eigenvalue weighted by atomic mass is 9.94. The van der Waals surface area contributed by atoms with Crippen LogP contribution in [0, 0.1) is 5.92 Å². The topological polar surface area (TPSA) is 49.7 Å². The van der Waals surface area contributed by atoms with E-state index in [9.17, 15) is 0 Å². The summed E-state index contributed by atoms with van der Waals surface area (Å²) in [5.41, 5.74) is 0. The van der Waals surface area contributed by atoms with Crippen molar-refractivity contribution in [2.45, 2.75) is 31.8 Å². The van der Waals surface area contributed by atoms with E-state index < -0.39 is 0 Å².